The zero-order valence-corrected chi connectivity index (χ0v) is 14.7. The molecular weight excluding hydrogens is 337 g/mol. The summed E-state index contributed by atoms with van der Waals surface area (Å²) in [4.78, 5) is 18.7. The Morgan fingerprint density at radius 1 is 1.42 bits per heavy atom. The van der Waals surface area contributed by atoms with E-state index in [9.17, 15) is 9.18 Å². The number of primary amides is 1. The van der Waals surface area contributed by atoms with Crippen molar-refractivity contribution in [1.82, 2.24) is 19.5 Å². The number of hydrogen-bond acceptors (Lipinski definition) is 4. The first-order valence-corrected chi connectivity index (χ1v) is 8.78. The average Bonchev–Trinajstić information content (AvgIpc) is 3.18. The third-order valence-corrected chi connectivity index (χ3v) is 5.23. The number of ether oxygens (including phenoxy) is 1. The van der Waals surface area contributed by atoms with Crippen LogP contribution in [0.5, 0.6) is 0 Å². The van der Waals surface area contributed by atoms with Gasteiger partial charge >= 0.3 is 0 Å². The molecule has 3 heterocycles. The monoisotopic (exact) mass is 359 g/mol. The predicted octanol–water partition coefficient (Wildman–Crippen LogP) is 1.88. The average molecular weight is 359 g/mol. The molecule has 1 amide bonds. The second kappa shape index (κ2) is 6.69. The zero-order valence-electron chi connectivity index (χ0n) is 14.7. The molecule has 0 bridgehead atoms. The number of H-pyrrole nitrogens is 1. The van der Waals surface area contributed by atoms with Gasteiger partial charge in [-0.15, -0.1) is 0 Å². The lowest BCUT2D eigenvalue weighted by Crippen LogP contribution is -2.35. The molecule has 138 valence electrons. The Morgan fingerprint density at radius 2 is 2.19 bits per heavy atom. The number of nitrogens with two attached hydrogens (primary N) is 1. The molecule has 4 rings (SSSR count). The molecule has 1 aliphatic rings. The highest BCUT2D eigenvalue weighted by Gasteiger charge is 2.25. The Balaban J connectivity index is 1.68. The lowest BCUT2D eigenvalue weighted by atomic mass is 9.91. The highest BCUT2D eigenvalue weighted by Crippen LogP contribution is 2.32. The first-order chi connectivity index (χ1) is 12.6. The zero-order chi connectivity index (χ0) is 18.3. The second-order valence-electron chi connectivity index (χ2n) is 6.79. The number of carbonyl (C=O) groups excluding carboxylic acids is 1. The molecule has 0 unspecified atom stereocenters. The summed E-state index contributed by atoms with van der Waals surface area (Å²) in [5, 5.41) is 3.16. The molecule has 3 N–H and O–H groups in total. The number of aromatic amines is 1. The van der Waals surface area contributed by atoms with Crippen LogP contribution >= 0.6 is 0 Å². The summed E-state index contributed by atoms with van der Waals surface area (Å²) in [6, 6.07) is 2.49. The smallest absolute Gasteiger partial charge is 0.251 e. The second-order valence-corrected chi connectivity index (χ2v) is 6.79. The molecule has 7 nitrogen and oxygen atoms in total. The quantitative estimate of drug-likeness (QED) is 0.728. The Bertz CT molecular complexity index is 955. The van der Waals surface area contributed by atoms with Crippen LogP contribution in [0.15, 0.2) is 18.3 Å². The lowest BCUT2D eigenvalue weighted by molar-refractivity contribution is 0.100. The van der Waals surface area contributed by atoms with Gasteiger partial charge in [0.1, 0.15) is 11.3 Å². The van der Waals surface area contributed by atoms with Gasteiger partial charge in [-0.25, -0.2) is 13.9 Å². The number of likely N-dealkylation sites (tertiary alicyclic amines) is 1. The fourth-order valence-electron chi connectivity index (χ4n) is 3.87. The number of imidazole rings is 1. The molecule has 0 aliphatic carbocycles. The van der Waals surface area contributed by atoms with E-state index >= 15 is 0 Å². The molecule has 26 heavy (non-hydrogen) atoms. The van der Waals surface area contributed by atoms with Gasteiger partial charge in [-0.05, 0) is 37.9 Å². The number of aromatic nitrogens is 3. The van der Waals surface area contributed by atoms with Gasteiger partial charge in [0.15, 0.2) is 5.65 Å². The van der Waals surface area contributed by atoms with E-state index in [4.69, 9.17) is 10.5 Å². The van der Waals surface area contributed by atoms with Crippen molar-refractivity contribution in [2.75, 3.05) is 33.4 Å². The standard InChI is InChI=1S/C18H22FN5O2/c1-26-7-6-23-4-2-11(3-5-23)14-10-21-24-16-13(17(20)25)8-12(19)9-15(16)22-18(14)24/h8-11,21H,2-7H2,1H3,(H2,20,25). The number of benzene rings is 1. The van der Waals surface area contributed by atoms with E-state index in [0.29, 0.717) is 17.0 Å². The minimum absolute atomic E-state index is 0.135. The molecule has 2 aromatic heterocycles. The summed E-state index contributed by atoms with van der Waals surface area (Å²) in [6.45, 7) is 3.70. The molecule has 1 saturated heterocycles. The van der Waals surface area contributed by atoms with Gasteiger partial charge in [-0.2, -0.15) is 0 Å². The molecule has 8 heteroatoms. The van der Waals surface area contributed by atoms with Crippen molar-refractivity contribution in [1.29, 1.82) is 0 Å². The molecule has 1 aromatic carbocycles. The fourth-order valence-corrected chi connectivity index (χ4v) is 3.87. The number of piperidine rings is 1. The van der Waals surface area contributed by atoms with E-state index in [0.717, 1.165) is 56.4 Å². The van der Waals surface area contributed by atoms with Gasteiger partial charge in [0.05, 0.1) is 17.7 Å². The van der Waals surface area contributed by atoms with Crippen LogP contribution in [-0.4, -0.2) is 58.8 Å². The van der Waals surface area contributed by atoms with E-state index in [1.165, 1.54) is 6.07 Å². The predicted molar refractivity (Wildman–Crippen MR) is 95.8 cm³/mol. The summed E-state index contributed by atoms with van der Waals surface area (Å²) in [5.41, 5.74) is 8.36. The Morgan fingerprint density at radius 3 is 2.88 bits per heavy atom. The molecule has 0 saturated carbocycles. The third kappa shape index (κ3) is 2.85. The fraction of sp³-hybridized carbons (Fsp3) is 0.444. The highest BCUT2D eigenvalue weighted by molar-refractivity contribution is 6.05. The molecule has 1 fully saturated rings. The van der Waals surface area contributed by atoms with Crippen LogP contribution < -0.4 is 5.73 Å². The van der Waals surface area contributed by atoms with Gasteiger partial charge in [0.2, 0.25) is 0 Å². The first-order valence-electron chi connectivity index (χ1n) is 8.78. The van der Waals surface area contributed by atoms with E-state index in [1.54, 1.807) is 11.6 Å². The van der Waals surface area contributed by atoms with Crippen molar-refractivity contribution in [2.24, 2.45) is 5.73 Å². The number of halogens is 1. The molecular formula is C18H22FN5O2. The van der Waals surface area contributed by atoms with Gasteiger partial charge in [-0.1, -0.05) is 0 Å². The topological polar surface area (TPSA) is 88.7 Å². The maximum Gasteiger partial charge on any atom is 0.251 e. The van der Waals surface area contributed by atoms with Gasteiger partial charge < -0.3 is 15.4 Å². The van der Waals surface area contributed by atoms with Crippen LogP contribution in [0.25, 0.3) is 16.7 Å². The number of methoxy groups -OCH3 is 1. The molecule has 0 spiro atoms. The number of nitrogens with one attached hydrogen (secondary N) is 1. The maximum atomic E-state index is 13.8. The SMILES string of the molecule is COCCN1CCC(c2c[nH]n3c2nc2cc(F)cc(C(N)=O)c23)CC1. The number of rotatable bonds is 5. The molecule has 0 radical (unpaired) electrons. The van der Waals surface area contributed by atoms with Crippen molar-refractivity contribution in [3.63, 3.8) is 0 Å². The summed E-state index contributed by atoms with van der Waals surface area (Å²) in [5.74, 6) is -0.805. The van der Waals surface area contributed by atoms with Crippen molar-refractivity contribution in [3.8, 4) is 0 Å². The minimum Gasteiger partial charge on any atom is -0.383 e. The molecule has 3 aromatic rings. The van der Waals surface area contributed by atoms with Crippen LogP contribution in [0.4, 0.5) is 4.39 Å². The Labute approximate surface area is 149 Å². The largest absolute Gasteiger partial charge is 0.383 e. The van der Waals surface area contributed by atoms with Crippen LogP contribution in [0.3, 0.4) is 0 Å². The van der Waals surface area contributed by atoms with Gasteiger partial charge in [-0.3, -0.25) is 9.89 Å². The molecule has 0 atom stereocenters. The van der Waals surface area contributed by atoms with Gasteiger partial charge in [0, 0.05) is 31.5 Å². The van der Waals surface area contributed by atoms with E-state index in [2.05, 4.69) is 15.0 Å². The normalized spacial score (nSPS) is 16.7. The number of fused-ring (bicyclic) bond motifs is 3. The van der Waals surface area contributed by atoms with E-state index in [1.807, 2.05) is 6.20 Å². The summed E-state index contributed by atoms with van der Waals surface area (Å²) in [7, 11) is 1.72. The van der Waals surface area contributed by atoms with Crippen molar-refractivity contribution in [2.45, 2.75) is 18.8 Å². The van der Waals surface area contributed by atoms with E-state index < -0.39 is 11.7 Å². The van der Waals surface area contributed by atoms with Crippen LogP contribution in [0.1, 0.15) is 34.7 Å². The van der Waals surface area contributed by atoms with Crippen molar-refractivity contribution >= 4 is 22.6 Å². The third-order valence-electron chi connectivity index (χ3n) is 5.23. The van der Waals surface area contributed by atoms with E-state index in [-0.39, 0.29) is 5.56 Å². The number of hydrogen-bond donors (Lipinski definition) is 2. The van der Waals surface area contributed by atoms with Crippen LogP contribution in [0, 0.1) is 5.82 Å². The van der Waals surface area contributed by atoms with Crippen LogP contribution in [-0.2, 0) is 4.74 Å². The Hall–Kier alpha value is -2.45. The van der Waals surface area contributed by atoms with Gasteiger partial charge in [0.25, 0.3) is 5.91 Å². The van der Waals surface area contributed by atoms with Crippen molar-refractivity contribution in [3.05, 3.63) is 35.3 Å². The summed E-state index contributed by atoms with van der Waals surface area (Å²) >= 11 is 0. The number of amides is 1. The maximum absolute atomic E-state index is 13.8. The lowest BCUT2D eigenvalue weighted by Gasteiger charge is -2.31. The number of carbonyl (C=O) groups is 1. The highest BCUT2D eigenvalue weighted by atomic mass is 19.1. The summed E-state index contributed by atoms with van der Waals surface area (Å²) in [6.07, 6.45) is 3.99. The first kappa shape index (κ1) is 17.0. The van der Waals surface area contributed by atoms with Crippen LogP contribution in [0.2, 0.25) is 0 Å². The number of nitrogens with zero attached hydrogens (tertiary/aromatic N) is 3. The summed E-state index contributed by atoms with van der Waals surface area (Å²) < 4.78 is 20.7. The minimum atomic E-state index is -0.668. The van der Waals surface area contributed by atoms with Crippen molar-refractivity contribution < 1.29 is 13.9 Å². The Kier molecular flexibility index (Phi) is 4.37. The molecule has 1 aliphatic heterocycles.